The Hall–Kier alpha value is -1.03. The summed E-state index contributed by atoms with van der Waals surface area (Å²) < 4.78 is 0.898. The van der Waals surface area contributed by atoms with Crippen LogP contribution < -0.4 is 5.73 Å². The molecule has 2 rings (SSSR count). The molecule has 4 heteroatoms. The van der Waals surface area contributed by atoms with Crippen molar-refractivity contribution in [1.29, 1.82) is 0 Å². The van der Waals surface area contributed by atoms with Gasteiger partial charge in [-0.1, -0.05) is 15.9 Å². The number of amides is 1. The van der Waals surface area contributed by atoms with Crippen molar-refractivity contribution in [2.24, 2.45) is 0 Å². The van der Waals surface area contributed by atoms with E-state index in [1.165, 1.54) is 0 Å². The van der Waals surface area contributed by atoms with Crippen molar-refractivity contribution in [3.8, 4) is 0 Å². The van der Waals surface area contributed by atoms with Crippen LogP contribution in [0.25, 0.3) is 0 Å². The summed E-state index contributed by atoms with van der Waals surface area (Å²) in [6.07, 6.45) is 1.10. The second-order valence-corrected chi connectivity index (χ2v) is 4.29. The summed E-state index contributed by atoms with van der Waals surface area (Å²) in [5, 5.41) is 0. The number of likely N-dealkylation sites (tertiary alicyclic amines) is 1. The third kappa shape index (κ3) is 1.62. The van der Waals surface area contributed by atoms with Crippen molar-refractivity contribution in [2.45, 2.75) is 6.42 Å². The number of rotatable bonds is 1. The highest BCUT2D eigenvalue weighted by atomic mass is 79.9. The Morgan fingerprint density at radius 1 is 1.43 bits per heavy atom. The molecule has 0 bridgehead atoms. The summed E-state index contributed by atoms with van der Waals surface area (Å²) in [7, 11) is 0. The Bertz CT molecular complexity index is 374. The van der Waals surface area contributed by atoms with Gasteiger partial charge in [0.05, 0.1) is 5.56 Å². The maximum Gasteiger partial charge on any atom is 0.255 e. The molecule has 0 spiro atoms. The molecule has 0 aliphatic carbocycles. The Morgan fingerprint density at radius 2 is 2.14 bits per heavy atom. The molecular formula is C10H11BrN2O. The van der Waals surface area contributed by atoms with Gasteiger partial charge in [0.25, 0.3) is 5.91 Å². The van der Waals surface area contributed by atoms with Crippen LogP contribution in [-0.4, -0.2) is 23.9 Å². The lowest BCUT2D eigenvalue weighted by molar-refractivity contribution is 0.0653. The van der Waals surface area contributed by atoms with E-state index in [2.05, 4.69) is 15.9 Å². The van der Waals surface area contributed by atoms with Gasteiger partial charge in [-0.15, -0.1) is 0 Å². The van der Waals surface area contributed by atoms with Crippen LogP contribution in [0.1, 0.15) is 16.8 Å². The van der Waals surface area contributed by atoms with E-state index >= 15 is 0 Å². The van der Waals surface area contributed by atoms with Gasteiger partial charge in [0.15, 0.2) is 0 Å². The van der Waals surface area contributed by atoms with Gasteiger partial charge < -0.3 is 10.6 Å². The highest BCUT2D eigenvalue weighted by molar-refractivity contribution is 9.10. The molecule has 1 amide bonds. The molecule has 1 saturated heterocycles. The zero-order valence-electron chi connectivity index (χ0n) is 7.66. The van der Waals surface area contributed by atoms with Crippen molar-refractivity contribution >= 4 is 27.5 Å². The minimum absolute atomic E-state index is 0.0428. The van der Waals surface area contributed by atoms with Crippen LogP contribution in [0.15, 0.2) is 22.7 Å². The molecule has 2 N–H and O–H groups in total. The molecule has 0 atom stereocenters. The van der Waals surface area contributed by atoms with Crippen molar-refractivity contribution in [1.82, 2.24) is 4.90 Å². The standard InChI is InChI=1S/C10H11BrN2O/c11-7-2-3-8(9(12)6-7)10(14)13-4-1-5-13/h2-3,6H,1,4-5,12H2. The van der Waals surface area contributed by atoms with E-state index in [0.29, 0.717) is 11.3 Å². The van der Waals surface area contributed by atoms with Gasteiger partial charge in [-0.25, -0.2) is 0 Å². The first kappa shape index (κ1) is 9.52. The first-order chi connectivity index (χ1) is 6.68. The lowest BCUT2D eigenvalue weighted by Crippen LogP contribution is -2.42. The lowest BCUT2D eigenvalue weighted by Gasteiger charge is -2.31. The summed E-state index contributed by atoms with van der Waals surface area (Å²) in [4.78, 5) is 13.6. The molecule has 0 aromatic heterocycles. The van der Waals surface area contributed by atoms with Crippen LogP contribution in [0.5, 0.6) is 0 Å². The summed E-state index contributed by atoms with van der Waals surface area (Å²) >= 11 is 3.31. The Morgan fingerprint density at radius 3 is 2.64 bits per heavy atom. The molecule has 1 aliphatic heterocycles. The zero-order valence-corrected chi connectivity index (χ0v) is 9.25. The molecular weight excluding hydrogens is 244 g/mol. The van der Waals surface area contributed by atoms with Gasteiger partial charge >= 0.3 is 0 Å². The molecule has 1 aromatic rings. The van der Waals surface area contributed by atoms with E-state index in [1.54, 1.807) is 17.0 Å². The van der Waals surface area contributed by atoms with Gasteiger partial charge in [-0.3, -0.25) is 4.79 Å². The number of halogens is 1. The number of benzene rings is 1. The maximum absolute atomic E-state index is 11.8. The quantitative estimate of drug-likeness (QED) is 0.779. The molecule has 3 nitrogen and oxygen atoms in total. The Balaban J connectivity index is 2.26. The number of nitrogens with two attached hydrogens (primary N) is 1. The molecule has 1 aliphatic rings. The normalized spacial score (nSPS) is 15.1. The van der Waals surface area contributed by atoms with Crippen molar-refractivity contribution in [2.75, 3.05) is 18.8 Å². The highest BCUT2D eigenvalue weighted by Crippen LogP contribution is 2.21. The molecule has 1 aromatic carbocycles. The van der Waals surface area contributed by atoms with E-state index in [9.17, 15) is 4.79 Å². The second-order valence-electron chi connectivity index (χ2n) is 3.38. The first-order valence-corrected chi connectivity index (χ1v) is 5.32. The number of anilines is 1. The van der Waals surface area contributed by atoms with E-state index < -0.39 is 0 Å². The van der Waals surface area contributed by atoms with Gasteiger partial charge in [0.2, 0.25) is 0 Å². The lowest BCUT2D eigenvalue weighted by atomic mass is 10.1. The fourth-order valence-corrected chi connectivity index (χ4v) is 1.80. The SMILES string of the molecule is Nc1cc(Br)ccc1C(=O)N1CCC1. The molecule has 14 heavy (non-hydrogen) atoms. The molecule has 0 unspecified atom stereocenters. The predicted octanol–water partition coefficient (Wildman–Crippen LogP) is 1.88. The highest BCUT2D eigenvalue weighted by Gasteiger charge is 2.22. The number of carbonyl (C=O) groups excluding carboxylic acids is 1. The fourth-order valence-electron chi connectivity index (χ4n) is 1.42. The molecule has 1 heterocycles. The van der Waals surface area contributed by atoms with E-state index in [-0.39, 0.29) is 5.91 Å². The molecule has 1 fully saturated rings. The molecule has 74 valence electrons. The minimum Gasteiger partial charge on any atom is -0.398 e. The first-order valence-electron chi connectivity index (χ1n) is 4.53. The van der Waals surface area contributed by atoms with Crippen LogP contribution >= 0.6 is 15.9 Å². The summed E-state index contributed by atoms with van der Waals surface area (Å²) in [6.45, 7) is 1.71. The zero-order chi connectivity index (χ0) is 10.1. The average Bonchev–Trinajstić information content (AvgIpc) is 2.00. The third-order valence-electron chi connectivity index (χ3n) is 2.39. The van der Waals surface area contributed by atoms with Gasteiger partial charge in [0, 0.05) is 23.2 Å². The molecule has 0 radical (unpaired) electrons. The summed E-state index contributed by atoms with van der Waals surface area (Å²) in [6, 6.07) is 5.36. The number of hydrogen-bond donors (Lipinski definition) is 1. The average molecular weight is 255 g/mol. The van der Waals surface area contributed by atoms with Crippen molar-refractivity contribution < 1.29 is 4.79 Å². The fraction of sp³-hybridized carbons (Fsp3) is 0.300. The number of nitrogens with zero attached hydrogens (tertiary/aromatic N) is 1. The van der Waals surface area contributed by atoms with Crippen molar-refractivity contribution in [3.05, 3.63) is 28.2 Å². The van der Waals surface area contributed by atoms with E-state index in [0.717, 1.165) is 24.0 Å². The monoisotopic (exact) mass is 254 g/mol. The minimum atomic E-state index is 0.0428. The Kier molecular flexibility index (Phi) is 2.46. The predicted molar refractivity (Wildman–Crippen MR) is 59.1 cm³/mol. The van der Waals surface area contributed by atoms with Crippen LogP contribution in [0, 0.1) is 0 Å². The summed E-state index contributed by atoms with van der Waals surface area (Å²) in [5.41, 5.74) is 6.90. The van der Waals surface area contributed by atoms with Crippen molar-refractivity contribution in [3.63, 3.8) is 0 Å². The van der Waals surface area contributed by atoms with Crippen LogP contribution in [0.3, 0.4) is 0 Å². The van der Waals surface area contributed by atoms with Crippen LogP contribution in [0.2, 0.25) is 0 Å². The number of hydrogen-bond acceptors (Lipinski definition) is 2. The maximum atomic E-state index is 11.8. The largest absolute Gasteiger partial charge is 0.398 e. The van der Waals surface area contributed by atoms with Gasteiger partial charge in [-0.05, 0) is 24.6 Å². The van der Waals surface area contributed by atoms with E-state index in [4.69, 9.17) is 5.73 Å². The second kappa shape index (κ2) is 3.61. The van der Waals surface area contributed by atoms with E-state index in [1.807, 2.05) is 6.07 Å². The number of carbonyl (C=O) groups is 1. The number of nitrogen functional groups attached to an aromatic ring is 1. The third-order valence-corrected chi connectivity index (χ3v) is 2.88. The smallest absolute Gasteiger partial charge is 0.255 e. The van der Waals surface area contributed by atoms with Gasteiger partial charge in [0.1, 0.15) is 0 Å². The van der Waals surface area contributed by atoms with Gasteiger partial charge in [-0.2, -0.15) is 0 Å². The summed E-state index contributed by atoms with van der Waals surface area (Å²) in [5.74, 6) is 0.0428. The Labute approximate surface area is 91.0 Å². The van der Waals surface area contributed by atoms with Crippen LogP contribution in [0.4, 0.5) is 5.69 Å². The van der Waals surface area contributed by atoms with Crippen LogP contribution in [-0.2, 0) is 0 Å². The molecule has 0 saturated carbocycles. The topological polar surface area (TPSA) is 46.3 Å².